The Morgan fingerprint density at radius 2 is 1.56 bits per heavy atom. The molecule has 0 aliphatic carbocycles. The molecule has 3 aromatic rings. The minimum absolute atomic E-state index is 0.339. The molecule has 0 amide bonds. The fourth-order valence-corrected chi connectivity index (χ4v) is 3.29. The number of para-hydroxylation sites is 2. The van der Waals surface area contributed by atoms with E-state index in [9.17, 15) is 4.79 Å². The van der Waals surface area contributed by atoms with Crippen molar-refractivity contribution in [1.82, 2.24) is 0 Å². The van der Waals surface area contributed by atoms with Crippen molar-refractivity contribution in [3.63, 3.8) is 0 Å². The van der Waals surface area contributed by atoms with E-state index in [1.807, 2.05) is 55.5 Å². The number of carbonyl (C=O) groups excluding carboxylic acids is 1. The molecule has 0 aromatic heterocycles. The lowest BCUT2D eigenvalue weighted by atomic mass is 9.88. The molecule has 0 spiro atoms. The molecular weight excluding hydrogens is 336 g/mol. The van der Waals surface area contributed by atoms with Crippen LogP contribution in [0.1, 0.15) is 22.6 Å². The van der Waals surface area contributed by atoms with Crippen molar-refractivity contribution in [2.24, 2.45) is 0 Å². The summed E-state index contributed by atoms with van der Waals surface area (Å²) in [5.74, 6) is 0.993. The van der Waals surface area contributed by atoms with Gasteiger partial charge in [0, 0.05) is 16.1 Å². The summed E-state index contributed by atoms with van der Waals surface area (Å²) in [4.78, 5) is 13.0. The summed E-state index contributed by atoms with van der Waals surface area (Å²) in [7, 11) is 0. The fraction of sp³-hybridized carbons (Fsp3) is 0.0952. The highest BCUT2D eigenvalue weighted by Crippen LogP contribution is 2.44. The second-order valence-electron chi connectivity index (χ2n) is 5.94. The zero-order chi connectivity index (χ0) is 17.4. The van der Waals surface area contributed by atoms with Gasteiger partial charge in [0.15, 0.2) is 0 Å². The average Bonchev–Trinajstić information content (AvgIpc) is 2.62. The van der Waals surface area contributed by atoms with Crippen LogP contribution in [0.25, 0.3) is 0 Å². The number of hydrogen-bond acceptors (Lipinski definition) is 3. The van der Waals surface area contributed by atoms with Gasteiger partial charge >= 0.3 is 5.97 Å². The van der Waals surface area contributed by atoms with Crippen LogP contribution in [0.4, 0.5) is 0 Å². The SMILES string of the molecule is Cc1cc(Cl)ccc1OC(=O)C1c2ccccc2Oc2ccccc21. The van der Waals surface area contributed by atoms with E-state index in [1.165, 1.54) is 0 Å². The lowest BCUT2D eigenvalue weighted by molar-refractivity contribution is -0.135. The number of fused-ring (bicyclic) bond motifs is 2. The van der Waals surface area contributed by atoms with Crippen LogP contribution in [0.5, 0.6) is 17.2 Å². The molecule has 25 heavy (non-hydrogen) atoms. The number of hydrogen-bond donors (Lipinski definition) is 0. The van der Waals surface area contributed by atoms with Gasteiger partial charge in [-0.05, 0) is 42.8 Å². The fourth-order valence-electron chi connectivity index (χ4n) is 3.06. The Balaban J connectivity index is 1.75. The van der Waals surface area contributed by atoms with Gasteiger partial charge in [0.2, 0.25) is 0 Å². The minimum Gasteiger partial charge on any atom is -0.457 e. The molecule has 0 bridgehead atoms. The highest BCUT2D eigenvalue weighted by atomic mass is 35.5. The molecule has 1 aliphatic rings. The number of carbonyl (C=O) groups is 1. The van der Waals surface area contributed by atoms with Crippen LogP contribution in [0, 0.1) is 6.92 Å². The number of halogens is 1. The van der Waals surface area contributed by atoms with Crippen molar-refractivity contribution in [3.05, 3.63) is 88.4 Å². The van der Waals surface area contributed by atoms with Gasteiger partial charge < -0.3 is 9.47 Å². The molecule has 0 saturated carbocycles. The lowest BCUT2D eigenvalue weighted by Crippen LogP contribution is -2.23. The molecule has 0 atom stereocenters. The third-order valence-corrected chi connectivity index (χ3v) is 4.50. The summed E-state index contributed by atoms with van der Waals surface area (Å²) < 4.78 is 11.6. The van der Waals surface area contributed by atoms with Gasteiger partial charge in [0.1, 0.15) is 23.2 Å². The summed E-state index contributed by atoms with van der Waals surface area (Å²) in [6, 6.07) is 20.3. The van der Waals surface area contributed by atoms with Gasteiger partial charge in [0.05, 0.1) is 0 Å². The van der Waals surface area contributed by atoms with Gasteiger partial charge in [-0.2, -0.15) is 0 Å². The molecule has 4 rings (SSSR count). The number of benzene rings is 3. The molecule has 0 N–H and O–H groups in total. The van der Waals surface area contributed by atoms with Crippen molar-refractivity contribution in [1.29, 1.82) is 0 Å². The van der Waals surface area contributed by atoms with Crippen LogP contribution in [-0.2, 0) is 4.79 Å². The van der Waals surface area contributed by atoms with Crippen LogP contribution in [0.2, 0.25) is 5.02 Å². The molecule has 1 heterocycles. The Hall–Kier alpha value is -2.78. The molecule has 0 unspecified atom stereocenters. The van der Waals surface area contributed by atoms with Crippen molar-refractivity contribution < 1.29 is 14.3 Å². The van der Waals surface area contributed by atoms with E-state index in [0.717, 1.165) is 16.7 Å². The van der Waals surface area contributed by atoms with Gasteiger partial charge in [-0.1, -0.05) is 48.0 Å². The molecule has 0 fully saturated rings. The van der Waals surface area contributed by atoms with Gasteiger partial charge in [-0.3, -0.25) is 4.79 Å². The van der Waals surface area contributed by atoms with Crippen LogP contribution < -0.4 is 9.47 Å². The maximum absolute atomic E-state index is 13.0. The summed E-state index contributed by atoms with van der Waals surface area (Å²) in [5.41, 5.74) is 2.42. The maximum Gasteiger partial charge on any atom is 0.323 e. The van der Waals surface area contributed by atoms with E-state index >= 15 is 0 Å². The lowest BCUT2D eigenvalue weighted by Gasteiger charge is -2.26. The van der Waals surface area contributed by atoms with Gasteiger partial charge in [-0.15, -0.1) is 0 Å². The summed E-state index contributed by atoms with van der Waals surface area (Å²) in [6.07, 6.45) is 0. The van der Waals surface area contributed by atoms with Crippen molar-refractivity contribution in [2.75, 3.05) is 0 Å². The van der Waals surface area contributed by atoms with Gasteiger partial charge in [-0.25, -0.2) is 0 Å². The predicted molar refractivity (Wildman–Crippen MR) is 96.6 cm³/mol. The molecular formula is C21H15ClO3. The molecule has 3 nitrogen and oxygen atoms in total. The highest BCUT2D eigenvalue weighted by molar-refractivity contribution is 6.30. The molecule has 0 saturated heterocycles. The minimum atomic E-state index is -0.531. The predicted octanol–water partition coefficient (Wildman–Crippen LogP) is 5.49. The third-order valence-electron chi connectivity index (χ3n) is 4.26. The van der Waals surface area contributed by atoms with E-state index in [0.29, 0.717) is 22.3 Å². The van der Waals surface area contributed by atoms with E-state index in [2.05, 4.69) is 0 Å². The number of rotatable bonds is 2. The summed E-state index contributed by atoms with van der Waals surface area (Å²) in [6.45, 7) is 1.86. The first-order valence-electron chi connectivity index (χ1n) is 7.97. The molecule has 1 aliphatic heterocycles. The Bertz CT molecular complexity index is 919. The number of aryl methyl sites for hydroxylation is 1. The largest absolute Gasteiger partial charge is 0.457 e. The first kappa shape index (κ1) is 15.7. The third kappa shape index (κ3) is 2.87. The second-order valence-corrected chi connectivity index (χ2v) is 6.38. The standard InChI is InChI=1S/C21H15ClO3/c1-13-12-14(22)10-11-17(13)25-21(23)20-15-6-2-4-8-18(15)24-19-9-5-3-7-16(19)20/h2-12,20H,1H3. The topological polar surface area (TPSA) is 35.5 Å². The Kier molecular flexibility index (Phi) is 3.94. The Labute approximate surface area is 150 Å². The van der Waals surface area contributed by atoms with Crippen LogP contribution in [0.15, 0.2) is 66.7 Å². The van der Waals surface area contributed by atoms with Crippen LogP contribution >= 0.6 is 11.6 Å². The van der Waals surface area contributed by atoms with Crippen molar-refractivity contribution in [3.8, 4) is 17.2 Å². The van der Waals surface area contributed by atoms with E-state index in [-0.39, 0.29) is 5.97 Å². The Morgan fingerprint density at radius 1 is 0.960 bits per heavy atom. The molecule has 4 heteroatoms. The van der Waals surface area contributed by atoms with Crippen LogP contribution in [0.3, 0.4) is 0 Å². The van der Waals surface area contributed by atoms with Gasteiger partial charge in [0.25, 0.3) is 0 Å². The van der Waals surface area contributed by atoms with E-state index < -0.39 is 5.92 Å². The van der Waals surface area contributed by atoms with Crippen LogP contribution in [-0.4, -0.2) is 5.97 Å². The normalized spacial score (nSPS) is 12.7. The maximum atomic E-state index is 13.0. The number of ether oxygens (including phenoxy) is 2. The summed E-state index contributed by atoms with van der Waals surface area (Å²) in [5, 5.41) is 0.610. The zero-order valence-corrected chi connectivity index (χ0v) is 14.3. The van der Waals surface area contributed by atoms with E-state index in [4.69, 9.17) is 21.1 Å². The average molecular weight is 351 g/mol. The first-order chi connectivity index (χ1) is 12.1. The smallest absolute Gasteiger partial charge is 0.323 e. The Morgan fingerprint density at radius 3 is 2.16 bits per heavy atom. The summed E-state index contributed by atoms with van der Waals surface area (Å²) >= 11 is 5.98. The molecule has 3 aromatic carbocycles. The van der Waals surface area contributed by atoms with Crippen molar-refractivity contribution in [2.45, 2.75) is 12.8 Å². The molecule has 124 valence electrons. The number of esters is 1. The molecule has 0 radical (unpaired) electrons. The monoisotopic (exact) mass is 350 g/mol. The highest BCUT2D eigenvalue weighted by Gasteiger charge is 2.34. The van der Waals surface area contributed by atoms with E-state index in [1.54, 1.807) is 18.2 Å². The van der Waals surface area contributed by atoms with Crippen molar-refractivity contribution >= 4 is 17.6 Å². The second kappa shape index (κ2) is 6.26. The zero-order valence-electron chi connectivity index (χ0n) is 13.5. The quantitative estimate of drug-likeness (QED) is 0.452. The first-order valence-corrected chi connectivity index (χ1v) is 8.35.